The lowest BCUT2D eigenvalue weighted by atomic mass is 9.75. The van der Waals surface area contributed by atoms with Crippen LogP contribution in [0.5, 0.6) is 0 Å². The Morgan fingerprint density at radius 2 is 2.07 bits per heavy atom. The molecule has 1 aromatic carbocycles. The normalized spacial score (nSPS) is 19.2. The summed E-state index contributed by atoms with van der Waals surface area (Å²) < 4.78 is 5.84. The molecule has 6 heteroatoms. The van der Waals surface area contributed by atoms with Gasteiger partial charge in [0.1, 0.15) is 11.5 Å². The lowest BCUT2D eigenvalue weighted by Crippen LogP contribution is -2.43. The summed E-state index contributed by atoms with van der Waals surface area (Å²) in [5, 5.41) is 16.1. The van der Waals surface area contributed by atoms with Gasteiger partial charge in [0.25, 0.3) is 0 Å². The van der Waals surface area contributed by atoms with Crippen LogP contribution in [-0.2, 0) is 6.42 Å². The standard InChI is InChI=1S/C21H27ClN2O3/c1-13-10-16-18(11-21(2,3)12-19(16)27-13)24-20(26)23-17(8-9-25)14-4-6-15(22)7-5-14/h4-7,10,17-18,25H,8-9,11-12H2,1-3H3,(H2,23,24,26). The van der Waals surface area contributed by atoms with Crippen LogP contribution in [0.1, 0.15) is 61.4 Å². The first-order chi connectivity index (χ1) is 12.8. The second-order valence-corrected chi connectivity index (χ2v) is 8.50. The van der Waals surface area contributed by atoms with Gasteiger partial charge in [0, 0.05) is 23.6 Å². The number of aliphatic hydroxyl groups excluding tert-OH is 1. The first-order valence-corrected chi connectivity index (χ1v) is 9.68. The molecule has 1 heterocycles. The lowest BCUT2D eigenvalue weighted by Gasteiger charge is -2.35. The molecule has 3 rings (SSSR count). The van der Waals surface area contributed by atoms with Crippen LogP contribution in [0.3, 0.4) is 0 Å². The third-order valence-corrected chi connectivity index (χ3v) is 5.29. The predicted octanol–water partition coefficient (Wildman–Crippen LogP) is 4.68. The molecule has 3 N–H and O–H groups in total. The predicted molar refractivity (Wildman–Crippen MR) is 106 cm³/mol. The zero-order valence-electron chi connectivity index (χ0n) is 16.0. The van der Waals surface area contributed by atoms with Crippen molar-refractivity contribution in [3.63, 3.8) is 0 Å². The highest BCUT2D eigenvalue weighted by molar-refractivity contribution is 6.30. The van der Waals surface area contributed by atoms with Gasteiger partial charge in [0.2, 0.25) is 0 Å². The maximum Gasteiger partial charge on any atom is 0.315 e. The third kappa shape index (κ3) is 4.85. The number of urea groups is 1. The van der Waals surface area contributed by atoms with E-state index in [1.807, 2.05) is 25.1 Å². The maximum atomic E-state index is 12.7. The Labute approximate surface area is 165 Å². The van der Waals surface area contributed by atoms with Crippen molar-refractivity contribution in [2.75, 3.05) is 6.61 Å². The molecule has 2 unspecified atom stereocenters. The van der Waals surface area contributed by atoms with Crippen LogP contribution in [0.15, 0.2) is 34.7 Å². The van der Waals surface area contributed by atoms with Crippen LogP contribution in [0.2, 0.25) is 5.02 Å². The Balaban J connectivity index is 1.73. The van der Waals surface area contributed by atoms with Crippen LogP contribution in [-0.4, -0.2) is 17.7 Å². The number of aryl methyl sites for hydroxylation is 1. The summed E-state index contributed by atoms with van der Waals surface area (Å²) >= 11 is 5.95. The Kier molecular flexibility index (Phi) is 5.82. The van der Waals surface area contributed by atoms with E-state index in [1.165, 1.54) is 0 Å². The van der Waals surface area contributed by atoms with Gasteiger partial charge in [0.15, 0.2) is 0 Å². The quantitative estimate of drug-likeness (QED) is 0.694. The summed E-state index contributed by atoms with van der Waals surface area (Å²) in [6.07, 6.45) is 2.15. The third-order valence-electron chi connectivity index (χ3n) is 5.04. The highest BCUT2D eigenvalue weighted by Crippen LogP contribution is 2.42. The minimum Gasteiger partial charge on any atom is -0.466 e. The first kappa shape index (κ1) is 19.8. The van der Waals surface area contributed by atoms with Gasteiger partial charge in [-0.15, -0.1) is 0 Å². The maximum absolute atomic E-state index is 12.7. The van der Waals surface area contributed by atoms with Crippen molar-refractivity contribution in [1.29, 1.82) is 0 Å². The molecule has 2 aromatic rings. The summed E-state index contributed by atoms with van der Waals surface area (Å²) in [4.78, 5) is 12.7. The number of aliphatic hydroxyl groups is 1. The van der Waals surface area contributed by atoms with Crippen LogP contribution in [0, 0.1) is 12.3 Å². The highest BCUT2D eigenvalue weighted by Gasteiger charge is 2.35. The molecule has 0 fully saturated rings. The van der Waals surface area contributed by atoms with Crippen molar-refractivity contribution in [1.82, 2.24) is 10.6 Å². The number of carbonyl (C=O) groups excluding carboxylic acids is 1. The molecule has 146 valence electrons. The van der Waals surface area contributed by atoms with E-state index in [4.69, 9.17) is 16.0 Å². The van der Waals surface area contributed by atoms with Gasteiger partial charge >= 0.3 is 6.03 Å². The van der Waals surface area contributed by atoms with E-state index >= 15 is 0 Å². The second kappa shape index (κ2) is 7.95. The number of amides is 2. The second-order valence-electron chi connectivity index (χ2n) is 8.07. The van der Waals surface area contributed by atoms with Crippen molar-refractivity contribution in [2.24, 2.45) is 5.41 Å². The number of hydrogen-bond acceptors (Lipinski definition) is 3. The molecule has 1 aromatic heterocycles. The van der Waals surface area contributed by atoms with E-state index in [0.717, 1.165) is 35.5 Å². The number of carbonyl (C=O) groups is 1. The SMILES string of the molecule is Cc1cc2c(o1)CC(C)(C)CC2NC(=O)NC(CCO)c1ccc(Cl)cc1. The fourth-order valence-corrected chi connectivity index (χ4v) is 3.94. The zero-order chi connectivity index (χ0) is 19.6. The molecule has 27 heavy (non-hydrogen) atoms. The van der Waals surface area contributed by atoms with Gasteiger partial charge in [0.05, 0.1) is 12.1 Å². The smallest absolute Gasteiger partial charge is 0.315 e. The van der Waals surface area contributed by atoms with Gasteiger partial charge < -0.3 is 20.2 Å². The molecular formula is C21H27ClN2O3. The summed E-state index contributed by atoms with van der Waals surface area (Å²) in [6, 6.07) is 8.68. The van der Waals surface area contributed by atoms with Crippen molar-refractivity contribution in [3.05, 3.63) is 58.0 Å². The van der Waals surface area contributed by atoms with Gasteiger partial charge in [-0.05, 0) is 48.9 Å². The summed E-state index contributed by atoms with van der Waals surface area (Å²) in [5.74, 6) is 1.82. The van der Waals surface area contributed by atoms with E-state index in [-0.39, 0.29) is 30.1 Å². The molecule has 0 saturated carbocycles. The molecule has 5 nitrogen and oxygen atoms in total. The number of benzene rings is 1. The Morgan fingerprint density at radius 1 is 1.37 bits per heavy atom. The zero-order valence-corrected chi connectivity index (χ0v) is 16.8. The minimum atomic E-state index is -0.283. The van der Waals surface area contributed by atoms with Crippen molar-refractivity contribution < 1.29 is 14.3 Å². The van der Waals surface area contributed by atoms with E-state index in [2.05, 4.69) is 24.5 Å². The largest absolute Gasteiger partial charge is 0.466 e. The van der Waals surface area contributed by atoms with E-state index in [1.54, 1.807) is 12.1 Å². The minimum absolute atomic E-state index is 0.0187. The molecule has 1 aliphatic rings. The molecule has 1 aliphatic carbocycles. The van der Waals surface area contributed by atoms with Gasteiger partial charge in [-0.25, -0.2) is 4.79 Å². The van der Waals surface area contributed by atoms with Crippen LogP contribution in [0.25, 0.3) is 0 Å². The van der Waals surface area contributed by atoms with E-state index < -0.39 is 0 Å². The van der Waals surface area contributed by atoms with Crippen molar-refractivity contribution in [3.8, 4) is 0 Å². The van der Waals surface area contributed by atoms with E-state index in [9.17, 15) is 9.90 Å². The van der Waals surface area contributed by atoms with Crippen LogP contribution < -0.4 is 10.6 Å². The molecule has 0 aliphatic heterocycles. The summed E-state index contributed by atoms with van der Waals surface area (Å²) in [7, 11) is 0. The molecule has 0 bridgehead atoms. The number of furan rings is 1. The average Bonchev–Trinajstić information content (AvgIpc) is 2.94. The topological polar surface area (TPSA) is 74.5 Å². The summed E-state index contributed by atoms with van der Waals surface area (Å²) in [6.45, 7) is 6.28. The van der Waals surface area contributed by atoms with Crippen molar-refractivity contribution >= 4 is 17.6 Å². The lowest BCUT2D eigenvalue weighted by molar-refractivity contribution is 0.208. The molecule has 0 spiro atoms. The van der Waals surface area contributed by atoms with Gasteiger partial charge in [-0.1, -0.05) is 37.6 Å². The summed E-state index contributed by atoms with van der Waals surface area (Å²) in [5.41, 5.74) is 2.02. The molecule has 2 atom stereocenters. The van der Waals surface area contributed by atoms with Gasteiger partial charge in [-0.3, -0.25) is 0 Å². The average molecular weight is 391 g/mol. The number of halogens is 1. The Bertz CT molecular complexity index is 798. The fraction of sp³-hybridized carbons (Fsp3) is 0.476. The Hall–Kier alpha value is -1.98. The Morgan fingerprint density at radius 3 is 2.74 bits per heavy atom. The highest BCUT2D eigenvalue weighted by atomic mass is 35.5. The number of rotatable bonds is 5. The monoisotopic (exact) mass is 390 g/mol. The van der Waals surface area contributed by atoms with Crippen LogP contribution >= 0.6 is 11.6 Å². The molecule has 0 saturated heterocycles. The van der Waals surface area contributed by atoms with Crippen molar-refractivity contribution in [2.45, 2.75) is 52.1 Å². The number of hydrogen-bond donors (Lipinski definition) is 3. The number of fused-ring (bicyclic) bond motifs is 1. The number of nitrogens with one attached hydrogen (secondary N) is 2. The molecule has 2 amide bonds. The molecular weight excluding hydrogens is 364 g/mol. The fourth-order valence-electron chi connectivity index (χ4n) is 3.82. The molecule has 0 radical (unpaired) electrons. The first-order valence-electron chi connectivity index (χ1n) is 9.30. The van der Waals surface area contributed by atoms with Crippen LogP contribution in [0.4, 0.5) is 4.79 Å². The van der Waals surface area contributed by atoms with Gasteiger partial charge in [-0.2, -0.15) is 0 Å². The van der Waals surface area contributed by atoms with E-state index in [0.29, 0.717) is 11.4 Å².